The van der Waals surface area contributed by atoms with Crippen LogP contribution < -0.4 is 0 Å². The predicted octanol–water partition coefficient (Wildman–Crippen LogP) is 2.28. The second-order valence-corrected chi connectivity index (χ2v) is 5.55. The molecule has 2 unspecified atom stereocenters. The standard InChI is InChI=1S/C14H29NO2/c1-12(2)15(9-10-17-3)11-13-7-5-4-6-8-14(13)16/h12-14,16H,4-11H2,1-3H3. The molecule has 0 aliphatic heterocycles. The molecule has 0 amide bonds. The zero-order valence-electron chi connectivity index (χ0n) is 11.7. The first-order chi connectivity index (χ1) is 8.15. The number of nitrogens with zero attached hydrogens (tertiary/aromatic N) is 1. The van der Waals surface area contributed by atoms with Crippen LogP contribution in [0.15, 0.2) is 0 Å². The lowest BCUT2D eigenvalue weighted by Gasteiger charge is -2.32. The third-order valence-corrected chi connectivity index (χ3v) is 3.90. The third-order valence-electron chi connectivity index (χ3n) is 3.90. The van der Waals surface area contributed by atoms with E-state index in [2.05, 4.69) is 18.7 Å². The fraction of sp³-hybridized carbons (Fsp3) is 1.00. The molecule has 1 aliphatic carbocycles. The van der Waals surface area contributed by atoms with Crippen molar-refractivity contribution in [2.45, 2.75) is 58.1 Å². The summed E-state index contributed by atoms with van der Waals surface area (Å²) in [7, 11) is 1.75. The predicted molar refractivity (Wildman–Crippen MR) is 71.2 cm³/mol. The first-order valence-corrected chi connectivity index (χ1v) is 7.06. The molecule has 0 aromatic carbocycles. The Balaban J connectivity index is 2.45. The SMILES string of the molecule is COCCN(CC1CCCCCC1O)C(C)C. The van der Waals surface area contributed by atoms with Gasteiger partial charge in [-0.25, -0.2) is 0 Å². The summed E-state index contributed by atoms with van der Waals surface area (Å²) < 4.78 is 5.16. The van der Waals surface area contributed by atoms with Gasteiger partial charge < -0.3 is 9.84 Å². The number of ether oxygens (including phenoxy) is 1. The number of hydrogen-bond donors (Lipinski definition) is 1. The van der Waals surface area contributed by atoms with E-state index in [0.717, 1.165) is 26.1 Å². The monoisotopic (exact) mass is 243 g/mol. The maximum Gasteiger partial charge on any atom is 0.0589 e. The minimum atomic E-state index is -0.0960. The van der Waals surface area contributed by atoms with Gasteiger partial charge >= 0.3 is 0 Å². The second kappa shape index (κ2) is 8.06. The Bertz CT molecular complexity index is 197. The molecule has 3 nitrogen and oxygen atoms in total. The number of aliphatic hydroxyl groups is 1. The molecule has 1 fully saturated rings. The van der Waals surface area contributed by atoms with E-state index in [1.165, 1.54) is 25.7 Å². The van der Waals surface area contributed by atoms with Gasteiger partial charge in [0, 0.05) is 26.2 Å². The van der Waals surface area contributed by atoms with E-state index in [9.17, 15) is 5.11 Å². The first kappa shape index (κ1) is 14.9. The molecule has 1 saturated carbocycles. The summed E-state index contributed by atoms with van der Waals surface area (Å²) in [6.45, 7) is 7.21. The average molecular weight is 243 g/mol. The molecule has 0 aromatic rings. The van der Waals surface area contributed by atoms with Crippen LogP contribution in [0.5, 0.6) is 0 Å². The zero-order chi connectivity index (χ0) is 12.7. The van der Waals surface area contributed by atoms with Crippen molar-refractivity contribution in [3.05, 3.63) is 0 Å². The summed E-state index contributed by atoms with van der Waals surface area (Å²) in [5.41, 5.74) is 0. The molecular weight excluding hydrogens is 214 g/mol. The van der Waals surface area contributed by atoms with E-state index in [-0.39, 0.29) is 6.10 Å². The molecule has 0 heterocycles. The van der Waals surface area contributed by atoms with Crippen molar-refractivity contribution in [1.82, 2.24) is 4.90 Å². The van der Waals surface area contributed by atoms with E-state index in [4.69, 9.17) is 4.74 Å². The van der Waals surface area contributed by atoms with Crippen LogP contribution in [-0.2, 0) is 4.74 Å². The number of hydrogen-bond acceptors (Lipinski definition) is 3. The molecule has 102 valence electrons. The van der Waals surface area contributed by atoms with E-state index in [1.54, 1.807) is 7.11 Å². The van der Waals surface area contributed by atoms with Gasteiger partial charge in [0.25, 0.3) is 0 Å². The normalized spacial score (nSPS) is 26.5. The van der Waals surface area contributed by atoms with Crippen molar-refractivity contribution >= 4 is 0 Å². The van der Waals surface area contributed by atoms with Crippen LogP contribution in [0.3, 0.4) is 0 Å². The number of rotatable bonds is 6. The van der Waals surface area contributed by atoms with Gasteiger partial charge in [-0.2, -0.15) is 0 Å². The fourth-order valence-corrected chi connectivity index (χ4v) is 2.65. The summed E-state index contributed by atoms with van der Waals surface area (Å²) in [4.78, 5) is 2.43. The Kier molecular flexibility index (Phi) is 7.09. The zero-order valence-corrected chi connectivity index (χ0v) is 11.7. The second-order valence-electron chi connectivity index (χ2n) is 5.55. The van der Waals surface area contributed by atoms with Crippen LogP contribution >= 0.6 is 0 Å². The molecular formula is C14H29NO2. The Morgan fingerprint density at radius 3 is 2.59 bits per heavy atom. The Labute approximate surface area is 106 Å². The molecule has 0 spiro atoms. The van der Waals surface area contributed by atoms with Gasteiger partial charge in [0.1, 0.15) is 0 Å². The summed E-state index contributed by atoms with van der Waals surface area (Å²) >= 11 is 0. The van der Waals surface area contributed by atoms with Gasteiger partial charge in [0.05, 0.1) is 12.7 Å². The lowest BCUT2D eigenvalue weighted by Crippen LogP contribution is -2.40. The minimum Gasteiger partial charge on any atom is -0.393 e. The van der Waals surface area contributed by atoms with Crippen molar-refractivity contribution in [2.24, 2.45) is 5.92 Å². The molecule has 0 aromatic heterocycles. The van der Waals surface area contributed by atoms with Crippen molar-refractivity contribution in [1.29, 1.82) is 0 Å². The van der Waals surface area contributed by atoms with Crippen molar-refractivity contribution < 1.29 is 9.84 Å². The highest BCUT2D eigenvalue weighted by molar-refractivity contribution is 4.77. The molecule has 3 heteroatoms. The van der Waals surface area contributed by atoms with E-state index in [0.29, 0.717) is 12.0 Å². The highest BCUT2D eigenvalue weighted by Crippen LogP contribution is 2.24. The van der Waals surface area contributed by atoms with Gasteiger partial charge in [-0.1, -0.05) is 19.3 Å². The van der Waals surface area contributed by atoms with Gasteiger partial charge in [0.15, 0.2) is 0 Å². The third kappa shape index (κ3) is 5.36. The quantitative estimate of drug-likeness (QED) is 0.727. The minimum absolute atomic E-state index is 0.0960. The molecule has 1 N–H and O–H groups in total. The Hall–Kier alpha value is -0.120. The average Bonchev–Trinajstić information content (AvgIpc) is 2.49. The Morgan fingerprint density at radius 2 is 1.94 bits per heavy atom. The summed E-state index contributed by atoms with van der Waals surface area (Å²) in [6.07, 6.45) is 5.82. The van der Waals surface area contributed by atoms with Crippen LogP contribution in [0.4, 0.5) is 0 Å². The van der Waals surface area contributed by atoms with Gasteiger partial charge in [-0.05, 0) is 32.6 Å². The van der Waals surface area contributed by atoms with Crippen molar-refractivity contribution in [3.63, 3.8) is 0 Å². The van der Waals surface area contributed by atoms with E-state index >= 15 is 0 Å². The first-order valence-electron chi connectivity index (χ1n) is 7.06. The number of methoxy groups -OCH3 is 1. The molecule has 2 atom stereocenters. The highest BCUT2D eigenvalue weighted by atomic mass is 16.5. The van der Waals surface area contributed by atoms with Crippen molar-refractivity contribution in [2.75, 3.05) is 26.8 Å². The largest absolute Gasteiger partial charge is 0.393 e. The van der Waals surface area contributed by atoms with Gasteiger partial charge in [-0.3, -0.25) is 4.90 Å². The van der Waals surface area contributed by atoms with Crippen molar-refractivity contribution in [3.8, 4) is 0 Å². The molecule has 0 bridgehead atoms. The van der Waals surface area contributed by atoms with Crippen LogP contribution in [0.25, 0.3) is 0 Å². The maximum atomic E-state index is 10.1. The topological polar surface area (TPSA) is 32.7 Å². The van der Waals surface area contributed by atoms with Crippen LogP contribution in [-0.4, -0.2) is 49.0 Å². The van der Waals surface area contributed by atoms with Crippen LogP contribution in [0.2, 0.25) is 0 Å². The van der Waals surface area contributed by atoms with Gasteiger partial charge in [-0.15, -0.1) is 0 Å². The van der Waals surface area contributed by atoms with Crippen LogP contribution in [0, 0.1) is 5.92 Å². The molecule has 0 saturated heterocycles. The summed E-state index contributed by atoms with van der Waals surface area (Å²) in [6, 6.07) is 0.528. The molecule has 17 heavy (non-hydrogen) atoms. The molecule has 0 radical (unpaired) electrons. The van der Waals surface area contributed by atoms with Gasteiger partial charge in [0.2, 0.25) is 0 Å². The lowest BCUT2D eigenvalue weighted by molar-refractivity contribution is 0.0533. The molecule has 1 rings (SSSR count). The van der Waals surface area contributed by atoms with Crippen LogP contribution in [0.1, 0.15) is 46.0 Å². The summed E-state index contributed by atoms with van der Waals surface area (Å²) in [5, 5.41) is 10.1. The smallest absolute Gasteiger partial charge is 0.0589 e. The number of aliphatic hydroxyl groups excluding tert-OH is 1. The summed E-state index contributed by atoms with van der Waals surface area (Å²) in [5.74, 6) is 0.455. The van der Waals surface area contributed by atoms with E-state index < -0.39 is 0 Å². The van der Waals surface area contributed by atoms with E-state index in [1.807, 2.05) is 0 Å². The lowest BCUT2D eigenvalue weighted by atomic mass is 9.96. The molecule has 1 aliphatic rings. The fourth-order valence-electron chi connectivity index (χ4n) is 2.65. The Morgan fingerprint density at radius 1 is 1.24 bits per heavy atom. The highest BCUT2D eigenvalue weighted by Gasteiger charge is 2.24. The maximum absolute atomic E-state index is 10.1.